The molecule has 5 heteroatoms. The molecule has 0 bridgehead atoms. The van der Waals surface area contributed by atoms with Crippen molar-refractivity contribution >= 4 is 28.2 Å². The first-order chi connectivity index (χ1) is 12.1. The van der Waals surface area contributed by atoms with Crippen molar-refractivity contribution in [3.8, 4) is 0 Å². The Balaban J connectivity index is 1.95. The topological polar surface area (TPSA) is 55.4 Å². The quantitative estimate of drug-likeness (QED) is 0.806. The maximum atomic E-state index is 12.6. The number of aryl methyl sites for hydroxylation is 2. The Hall–Kier alpha value is -2.14. The smallest absolute Gasteiger partial charge is 0.341 e. The zero-order chi connectivity index (χ0) is 17.8. The van der Waals surface area contributed by atoms with Crippen LogP contribution < -0.4 is 5.32 Å². The van der Waals surface area contributed by atoms with Gasteiger partial charge in [0, 0.05) is 10.4 Å². The number of thiophene rings is 1. The van der Waals surface area contributed by atoms with Crippen LogP contribution >= 0.6 is 11.3 Å². The fourth-order valence-electron chi connectivity index (χ4n) is 3.29. The van der Waals surface area contributed by atoms with Crippen LogP contribution in [0.4, 0.5) is 5.00 Å². The summed E-state index contributed by atoms with van der Waals surface area (Å²) in [5, 5.41) is 3.56. The van der Waals surface area contributed by atoms with Gasteiger partial charge in [0.2, 0.25) is 0 Å². The molecule has 0 aliphatic heterocycles. The lowest BCUT2D eigenvalue weighted by atomic mass is 9.96. The summed E-state index contributed by atoms with van der Waals surface area (Å²) in [4.78, 5) is 26.2. The van der Waals surface area contributed by atoms with Crippen molar-refractivity contribution in [2.24, 2.45) is 0 Å². The number of carbonyl (C=O) groups is 2. The average molecular weight is 357 g/mol. The van der Waals surface area contributed by atoms with E-state index in [9.17, 15) is 9.59 Å². The molecule has 1 aromatic carbocycles. The Morgan fingerprint density at radius 3 is 2.60 bits per heavy atom. The number of rotatable bonds is 3. The molecule has 1 N–H and O–H groups in total. The van der Waals surface area contributed by atoms with Gasteiger partial charge in [0.15, 0.2) is 0 Å². The van der Waals surface area contributed by atoms with Gasteiger partial charge in [0.25, 0.3) is 5.91 Å². The summed E-state index contributed by atoms with van der Waals surface area (Å²) in [5.41, 5.74) is 3.23. The van der Waals surface area contributed by atoms with Crippen molar-refractivity contribution in [2.45, 2.75) is 45.4 Å². The van der Waals surface area contributed by atoms with E-state index in [4.69, 9.17) is 4.74 Å². The molecule has 0 atom stereocenters. The minimum Gasteiger partial charge on any atom is -0.465 e. The molecule has 0 saturated carbocycles. The van der Waals surface area contributed by atoms with Gasteiger partial charge in [-0.15, -0.1) is 11.3 Å². The highest BCUT2D eigenvalue weighted by Crippen LogP contribution is 2.37. The number of ether oxygens (including phenoxy) is 1. The minimum atomic E-state index is -0.363. The molecule has 0 saturated heterocycles. The Bertz CT molecular complexity index is 794. The van der Waals surface area contributed by atoms with Crippen molar-refractivity contribution < 1.29 is 14.3 Å². The number of esters is 1. The van der Waals surface area contributed by atoms with E-state index in [1.165, 1.54) is 36.2 Å². The Kier molecular flexibility index (Phi) is 5.53. The van der Waals surface area contributed by atoms with Crippen molar-refractivity contribution in [1.82, 2.24) is 0 Å². The Labute approximate surface area is 152 Å². The highest BCUT2D eigenvalue weighted by Gasteiger charge is 2.26. The maximum Gasteiger partial charge on any atom is 0.341 e. The molecule has 4 nitrogen and oxygen atoms in total. The molecule has 0 unspecified atom stereocenters. The van der Waals surface area contributed by atoms with Crippen molar-refractivity contribution in [2.75, 3.05) is 12.4 Å². The van der Waals surface area contributed by atoms with Crippen LogP contribution in [0.3, 0.4) is 0 Å². The van der Waals surface area contributed by atoms with Crippen LogP contribution in [0.5, 0.6) is 0 Å². The molecular formula is C20H23NO3S. The molecule has 1 aliphatic carbocycles. The lowest BCUT2D eigenvalue weighted by Gasteiger charge is -2.11. The summed E-state index contributed by atoms with van der Waals surface area (Å²) in [6, 6.07) is 7.44. The van der Waals surface area contributed by atoms with E-state index < -0.39 is 0 Å². The summed E-state index contributed by atoms with van der Waals surface area (Å²) in [5.74, 6) is -0.555. The Morgan fingerprint density at radius 1 is 1.12 bits per heavy atom. The zero-order valence-corrected chi connectivity index (χ0v) is 15.5. The normalized spacial score (nSPS) is 14.2. The van der Waals surface area contributed by atoms with Crippen LogP contribution in [-0.4, -0.2) is 19.0 Å². The van der Waals surface area contributed by atoms with Crippen molar-refractivity contribution in [3.63, 3.8) is 0 Å². The number of fused-ring (bicyclic) bond motifs is 1. The van der Waals surface area contributed by atoms with Gasteiger partial charge in [0.05, 0.1) is 12.7 Å². The van der Waals surface area contributed by atoms with Crippen LogP contribution in [0.2, 0.25) is 0 Å². The lowest BCUT2D eigenvalue weighted by Crippen LogP contribution is -2.15. The Morgan fingerprint density at radius 2 is 1.88 bits per heavy atom. The second-order valence-corrected chi connectivity index (χ2v) is 7.54. The average Bonchev–Trinajstić information content (AvgIpc) is 2.90. The van der Waals surface area contributed by atoms with E-state index in [-0.39, 0.29) is 11.9 Å². The molecule has 1 heterocycles. The van der Waals surface area contributed by atoms with Crippen LogP contribution in [-0.2, 0) is 17.6 Å². The van der Waals surface area contributed by atoms with Crippen molar-refractivity contribution in [1.29, 1.82) is 0 Å². The van der Waals surface area contributed by atoms with Gasteiger partial charge < -0.3 is 10.1 Å². The zero-order valence-electron chi connectivity index (χ0n) is 14.7. The van der Waals surface area contributed by atoms with Crippen LogP contribution in [0.15, 0.2) is 24.3 Å². The third-order valence-electron chi connectivity index (χ3n) is 4.57. The number of nitrogens with one attached hydrogen (secondary N) is 1. The molecule has 1 aromatic heterocycles. The van der Waals surface area contributed by atoms with Gasteiger partial charge in [0.1, 0.15) is 5.00 Å². The van der Waals surface area contributed by atoms with Gasteiger partial charge in [-0.05, 0) is 50.3 Å². The van der Waals surface area contributed by atoms with E-state index >= 15 is 0 Å². The molecule has 0 radical (unpaired) electrons. The number of benzene rings is 1. The first-order valence-corrected chi connectivity index (χ1v) is 9.52. The van der Waals surface area contributed by atoms with Gasteiger partial charge in [-0.1, -0.05) is 30.5 Å². The highest BCUT2D eigenvalue weighted by molar-refractivity contribution is 7.17. The van der Waals surface area contributed by atoms with E-state index in [0.717, 1.165) is 36.8 Å². The molecule has 3 rings (SSSR count). The van der Waals surface area contributed by atoms with E-state index in [2.05, 4.69) is 5.32 Å². The fraction of sp³-hybridized carbons (Fsp3) is 0.400. The van der Waals surface area contributed by atoms with Crippen LogP contribution in [0.25, 0.3) is 0 Å². The maximum absolute atomic E-state index is 12.6. The standard InChI is InChI=1S/C20H23NO3S/c1-13-8-7-9-14(12-13)18(22)21-19-17(20(23)24-2)15-10-5-3-4-6-11-16(15)25-19/h7-9,12H,3-6,10-11H2,1-2H3,(H,21,22). The molecule has 2 aromatic rings. The summed E-state index contributed by atoms with van der Waals surface area (Å²) in [6.07, 6.45) is 6.43. The number of anilines is 1. The molecule has 0 fully saturated rings. The van der Waals surface area contributed by atoms with Gasteiger partial charge in [-0.2, -0.15) is 0 Å². The van der Waals surface area contributed by atoms with E-state index in [1.807, 2.05) is 25.1 Å². The second kappa shape index (κ2) is 7.83. The lowest BCUT2D eigenvalue weighted by molar-refractivity contribution is 0.0601. The first-order valence-electron chi connectivity index (χ1n) is 8.71. The number of hydrogen-bond acceptors (Lipinski definition) is 4. The van der Waals surface area contributed by atoms with Gasteiger partial charge >= 0.3 is 5.97 Å². The third-order valence-corrected chi connectivity index (χ3v) is 5.78. The van der Waals surface area contributed by atoms with E-state index in [1.54, 1.807) is 6.07 Å². The summed E-state index contributed by atoms with van der Waals surface area (Å²) < 4.78 is 5.00. The number of hydrogen-bond donors (Lipinski definition) is 1. The van der Waals surface area contributed by atoms with Crippen LogP contribution in [0, 0.1) is 6.92 Å². The van der Waals surface area contributed by atoms with Crippen molar-refractivity contribution in [3.05, 3.63) is 51.4 Å². The first kappa shape index (κ1) is 17.7. The predicted octanol–water partition coefficient (Wildman–Crippen LogP) is 4.75. The molecule has 1 aliphatic rings. The van der Waals surface area contributed by atoms with Gasteiger partial charge in [-0.3, -0.25) is 4.79 Å². The predicted molar refractivity (Wildman–Crippen MR) is 101 cm³/mol. The number of amides is 1. The summed E-state index contributed by atoms with van der Waals surface area (Å²) in [6.45, 7) is 1.95. The second-order valence-electron chi connectivity index (χ2n) is 6.44. The number of carbonyl (C=O) groups excluding carboxylic acids is 2. The monoisotopic (exact) mass is 357 g/mol. The molecular weight excluding hydrogens is 334 g/mol. The fourth-order valence-corrected chi connectivity index (χ4v) is 4.56. The number of methoxy groups -OCH3 is 1. The largest absolute Gasteiger partial charge is 0.465 e. The molecule has 1 amide bonds. The highest BCUT2D eigenvalue weighted by atomic mass is 32.1. The summed E-state index contributed by atoms with van der Waals surface area (Å²) in [7, 11) is 1.39. The van der Waals surface area contributed by atoms with E-state index in [0.29, 0.717) is 16.1 Å². The molecule has 0 spiro atoms. The SMILES string of the molecule is COC(=O)c1c(NC(=O)c2cccc(C)c2)sc2c1CCCCCC2. The molecule has 132 valence electrons. The van der Waals surface area contributed by atoms with Crippen LogP contribution in [0.1, 0.15) is 62.4 Å². The minimum absolute atomic E-state index is 0.192. The molecule has 25 heavy (non-hydrogen) atoms. The van der Waals surface area contributed by atoms with Gasteiger partial charge in [-0.25, -0.2) is 4.79 Å². The summed E-state index contributed by atoms with van der Waals surface area (Å²) >= 11 is 1.52. The third kappa shape index (κ3) is 3.93.